The maximum absolute atomic E-state index is 8.51. The number of amidine groups is 1. The molecule has 1 fully saturated rings. The highest BCUT2D eigenvalue weighted by Gasteiger charge is 2.19. The standard InChI is InChI=1S/C11H23N3O/c1-9(2)10-4-3-6-14(7-5-10)8-11(12)13-15/h9-10,15H,3-8H2,1-2H3,(H2,12,13). The van der Waals surface area contributed by atoms with Crippen LogP contribution in [-0.4, -0.2) is 35.6 Å². The van der Waals surface area contributed by atoms with Gasteiger partial charge in [-0.1, -0.05) is 19.0 Å². The summed E-state index contributed by atoms with van der Waals surface area (Å²) in [5, 5.41) is 11.5. The zero-order valence-corrected chi connectivity index (χ0v) is 9.82. The average molecular weight is 213 g/mol. The van der Waals surface area contributed by atoms with Crippen molar-refractivity contribution >= 4 is 5.84 Å². The molecule has 0 saturated carbocycles. The highest BCUT2D eigenvalue weighted by Crippen LogP contribution is 2.24. The van der Waals surface area contributed by atoms with E-state index in [2.05, 4.69) is 23.9 Å². The number of likely N-dealkylation sites (tertiary alicyclic amines) is 1. The number of hydrogen-bond donors (Lipinski definition) is 2. The first-order valence-electron chi connectivity index (χ1n) is 5.82. The molecule has 0 aromatic heterocycles. The minimum absolute atomic E-state index is 0.318. The van der Waals surface area contributed by atoms with E-state index in [4.69, 9.17) is 10.9 Å². The van der Waals surface area contributed by atoms with Crippen molar-refractivity contribution in [1.82, 2.24) is 4.90 Å². The summed E-state index contributed by atoms with van der Waals surface area (Å²) in [5.41, 5.74) is 5.51. The molecule has 4 heteroatoms. The molecule has 1 aliphatic heterocycles. The molecule has 15 heavy (non-hydrogen) atoms. The first-order valence-corrected chi connectivity index (χ1v) is 5.82. The van der Waals surface area contributed by atoms with Crippen LogP contribution < -0.4 is 5.73 Å². The van der Waals surface area contributed by atoms with E-state index in [0.717, 1.165) is 24.9 Å². The summed E-state index contributed by atoms with van der Waals surface area (Å²) >= 11 is 0. The van der Waals surface area contributed by atoms with Crippen molar-refractivity contribution in [2.75, 3.05) is 19.6 Å². The van der Waals surface area contributed by atoms with Crippen LogP contribution in [0.3, 0.4) is 0 Å². The number of nitrogens with zero attached hydrogens (tertiary/aromatic N) is 2. The number of oxime groups is 1. The first-order chi connectivity index (χ1) is 7.13. The minimum Gasteiger partial charge on any atom is -0.409 e. The van der Waals surface area contributed by atoms with Crippen molar-refractivity contribution in [2.45, 2.75) is 33.1 Å². The lowest BCUT2D eigenvalue weighted by atomic mass is 9.89. The van der Waals surface area contributed by atoms with E-state index in [1.165, 1.54) is 19.3 Å². The van der Waals surface area contributed by atoms with E-state index in [0.29, 0.717) is 12.4 Å². The molecule has 3 N–H and O–H groups in total. The van der Waals surface area contributed by atoms with Crippen molar-refractivity contribution < 1.29 is 5.21 Å². The maximum Gasteiger partial charge on any atom is 0.153 e. The number of rotatable bonds is 3. The summed E-state index contributed by atoms with van der Waals surface area (Å²) in [6, 6.07) is 0. The summed E-state index contributed by atoms with van der Waals surface area (Å²) in [5.74, 6) is 1.93. The molecule has 0 amide bonds. The third-order valence-corrected chi connectivity index (χ3v) is 3.32. The van der Waals surface area contributed by atoms with Crippen LogP contribution in [0.2, 0.25) is 0 Å². The normalized spacial score (nSPS) is 25.5. The fourth-order valence-corrected chi connectivity index (χ4v) is 2.27. The quantitative estimate of drug-likeness (QED) is 0.323. The Kier molecular flexibility index (Phi) is 4.88. The zero-order chi connectivity index (χ0) is 11.3. The molecule has 0 spiro atoms. The predicted octanol–water partition coefficient (Wildman–Crippen LogP) is 1.49. The largest absolute Gasteiger partial charge is 0.409 e. The monoisotopic (exact) mass is 213 g/mol. The Balaban J connectivity index is 2.39. The van der Waals surface area contributed by atoms with Crippen molar-refractivity contribution in [3.63, 3.8) is 0 Å². The lowest BCUT2D eigenvalue weighted by Gasteiger charge is -2.20. The van der Waals surface area contributed by atoms with Crippen LogP contribution in [0.25, 0.3) is 0 Å². The van der Waals surface area contributed by atoms with Gasteiger partial charge in [-0.05, 0) is 44.2 Å². The van der Waals surface area contributed by atoms with Gasteiger partial charge in [-0.3, -0.25) is 4.90 Å². The smallest absolute Gasteiger partial charge is 0.153 e. The molecule has 88 valence electrons. The van der Waals surface area contributed by atoms with Crippen LogP contribution in [0.15, 0.2) is 5.16 Å². The van der Waals surface area contributed by atoms with E-state index >= 15 is 0 Å². The van der Waals surface area contributed by atoms with Crippen LogP contribution in [0.4, 0.5) is 0 Å². The van der Waals surface area contributed by atoms with Gasteiger partial charge in [0.25, 0.3) is 0 Å². The molecule has 0 aromatic rings. The Hall–Kier alpha value is -0.770. The van der Waals surface area contributed by atoms with Gasteiger partial charge < -0.3 is 10.9 Å². The summed E-state index contributed by atoms with van der Waals surface area (Å²) in [6.07, 6.45) is 3.77. The molecule has 1 aliphatic rings. The van der Waals surface area contributed by atoms with E-state index < -0.39 is 0 Å². The molecule has 1 heterocycles. The maximum atomic E-state index is 8.51. The molecular weight excluding hydrogens is 190 g/mol. The fraction of sp³-hybridized carbons (Fsp3) is 0.909. The van der Waals surface area contributed by atoms with Gasteiger partial charge in [0.1, 0.15) is 0 Å². The van der Waals surface area contributed by atoms with E-state index in [1.54, 1.807) is 0 Å². The van der Waals surface area contributed by atoms with E-state index in [-0.39, 0.29) is 0 Å². The Bertz CT molecular complexity index is 216. The fourth-order valence-electron chi connectivity index (χ4n) is 2.27. The summed E-state index contributed by atoms with van der Waals surface area (Å²) in [7, 11) is 0. The Morgan fingerprint density at radius 3 is 2.80 bits per heavy atom. The van der Waals surface area contributed by atoms with Gasteiger partial charge in [0.2, 0.25) is 0 Å². The Morgan fingerprint density at radius 1 is 1.47 bits per heavy atom. The van der Waals surface area contributed by atoms with Gasteiger partial charge in [-0.25, -0.2) is 0 Å². The molecule has 0 radical (unpaired) electrons. The zero-order valence-electron chi connectivity index (χ0n) is 9.82. The highest BCUT2D eigenvalue weighted by atomic mass is 16.4. The van der Waals surface area contributed by atoms with Gasteiger partial charge in [0.15, 0.2) is 5.84 Å². The SMILES string of the molecule is CC(C)C1CCCN(CC(N)=NO)CC1. The van der Waals surface area contributed by atoms with Gasteiger partial charge >= 0.3 is 0 Å². The van der Waals surface area contributed by atoms with Crippen LogP contribution in [0.1, 0.15) is 33.1 Å². The second kappa shape index (κ2) is 5.95. The van der Waals surface area contributed by atoms with Gasteiger partial charge in [0.05, 0.1) is 6.54 Å². The number of nitrogens with two attached hydrogens (primary N) is 1. The molecule has 0 aromatic carbocycles. The first kappa shape index (κ1) is 12.3. The molecule has 1 saturated heterocycles. The average Bonchev–Trinajstić information content (AvgIpc) is 2.43. The Labute approximate surface area is 92.1 Å². The molecule has 4 nitrogen and oxygen atoms in total. The van der Waals surface area contributed by atoms with Crippen molar-refractivity contribution in [2.24, 2.45) is 22.7 Å². The van der Waals surface area contributed by atoms with Crippen LogP contribution in [0, 0.1) is 11.8 Å². The molecule has 1 unspecified atom stereocenters. The Morgan fingerprint density at radius 2 is 2.20 bits per heavy atom. The van der Waals surface area contributed by atoms with E-state index in [1.807, 2.05) is 0 Å². The van der Waals surface area contributed by atoms with Gasteiger partial charge in [0, 0.05) is 0 Å². The van der Waals surface area contributed by atoms with Crippen LogP contribution in [0.5, 0.6) is 0 Å². The van der Waals surface area contributed by atoms with Crippen LogP contribution >= 0.6 is 0 Å². The van der Waals surface area contributed by atoms with Gasteiger partial charge in [-0.15, -0.1) is 0 Å². The second-order valence-corrected chi connectivity index (χ2v) is 4.80. The van der Waals surface area contributed by atoms with E-state index in [9.17, 15) is 0 Å². The highest BCUT2D eigenvalue weighted by molar-refractivity contribution is 5.81. The third-order valence-electron chi connectivity index (χ3n) is 3.32. The second-order valence-electron chi connectivity index (χ2n) is 4.80. The number of hydrogen-bond acceptors (Lipinski definition) is 3. The van der Waals surface area contributed by atoms with Gasteiger partial charge in [-0.2, -0.15) is 0 Å². The topological polar surface area (TPSA) is 61.8 Å². The molecule has 0 aliphatic carbocycles. The lowest BCUT2D eigenvalue weighted by molar-refractivity contribution is 0.288. The van der Waals surface area contributed by atoms with Crippen LogP contribution in [-0.2, 0) is 0 Å². The summed E-state index contributed by atoms with van der Waals surface area (Å²) < 4.78 is 0. The third kappa shape index (κ3) is 4.08. The molecule has 1 rings (SSSR count). The molecular formula is C11H23N3O. The summed E-state index contributed by atoms with van der Waals surface area (Å²) in [6.45, 7) is 7.33. The predicted molar refractivity (Wildman–Crippen MR) is 62.0 cm³/mol. The minimum atomic E-state index is 0.318. The summed E-state index contributed by atoms with van der Waals surface area (Å²) in [4.78, 5) is 2.28. The van der Waals surface area contributed by atoms with Crippen molar-refractivity contribution in [3.8, 4) is 0 Å². The molecule has 0 bridgehead atoms. The van der Waals surface area contributed by atoms with Crippen molar-refractivity contribution in [1.29, 1.82) is 0 Å². The van der Waals surface area contributed by atoms with Crippen molar-refractivity contribution in [3.05, 3.63) is 0 Å². The lowest BCUT2D eigenvalue weighted by Crippen LogP contribution is -2.34. The molecule has 1 atom stereocenters.